The monoisotopic (exact) mass is 349 g/mol. The van der Waals surface area contributed by atoms with Gasteiger partial charge in [0.1, 0.15) is 12.0 Å². The van der Waals surface area contributed by atoms with E-state index in [1.165, 1.54) is 6.33 Å². The van der Waals surface area contributed by atoms with E-state index in [0.29, 0.717) is 23.1 Å². The Morgan fingerprint density at radius 1 is 1.00 bits per heavy atom. The lowest BCUT2D eigenvalue weighted by Gasteiger charge is -2.17. The number of benzene rings is 2. The van der Waals surface area contributed by atoms with E-state index in [9.17, 15) is 0 Å². The number of aromatic nitrogens is 2. The topological polar surface area (TPSA) is 94.3 Å². The van der Waals surface area contributed by atoms with Crippen LogP contribution in [0.15, 0.2) is 54.9 Å². The van der Waals surface area contributed by atoms with Crippen LogP contribution in [-0.4, -0.2) is 16.8 Å². The molecular weight excluding hydrogens is 330 g/mol. The van der Waals surface area contributed by atoms with E-state index in [4.69, 9.17) is 15.2 Å². The molecule has 0 saturated heterocycles. The molecule has 1 atom stereocenters. The number of anilines is 4. The second-order valence-corrected chi connectivity index (χ2v) is 5.95. The van der Waals surface area contributed by atoms with E-state index in [1.54, 1.807) is 0 Å². The fourth-order valence-corrected chi connectivity index (χ4v) is 2.75. The van der Waals surface area contributed by atoms with Crippen LogP contribution in [0.4, 0.5) is 23.0 Å². The fourth-order valence-electron chi connectivity index (χ4n) is 2.75. The van der Waals surface area contributed by atoms with Crippen molar-refractivity contribution in [3.05, 3.63) is 60.4 Å². The van der Waals surface area contributed by atoms with E-state index in [0.717, 1.165) is 17.0 Å². The largest absolute Gasteiger partial charge is 0.454 e. The van der Waals surface area contributed by atoms with Crippen molar-refractivity contribution in [3.63, 3.8) is 0 Å². The summed E-state index contributed by atoms with van der Waals surface area (Å²) in [6, 6.07) is 15.8. The Bertz CT molecular complexity index is 917. The molecule has 0 aliphatic carbocycles. The molecule has 0 radical (unpaired) electrons. The molecule has 4 rings (SSSR count). The average molecular weight is 349 g/mol. The van der Waals surface area contributed by atoms with Crippen LogP contribution >= 0.6 is 0 Å². The smallest absolute Gasteiger partial charge is 0.231 e. The number of hydrogen-bond acceptors (Lipinski definition) is 7. The molecule has 2 aromatic carbocycles. The van der Waals surface area contributed by atoms with Crippen LogP contribution in [0.1, 0.15) is 18.5 Å². The lowest BCUT2D eigenvalue weighted by Crippen LogP contribution is -2.11. The van der Waals surface area contributed by atoms with Gasteiger partial charge in [-0.1, -0.05) is 30.3 Å². The SMILES string of the molecule is CC(Nc1ncnc(Nc2ccc3c(c2)OCO3)c1N)c1ccccc1. The van der Waals surface area contributed by atoms with Crippen molar-refractivity contribution < 1.29 is 9.47 Å². The summed E-state index contributed by atoms with van der Waals surface area (Å²) < 4.78 is 10.7. The maximum Gasteiger partial charge on any atom is 0.231 e. The van der Waals surface area contributed by atoms with Crippen LogP contribution < -0.4 is 25.8 Å². The molecule has 7 heteroatoms. The Morgan fingerprint density at radius 2 is 1.77 bits per heavy atom. The first-order chi connectivity index (χ1) is 12.7. The summed E-state index contributed by atoms with van der Waals surface area (Å²) >= 11 is 0. The summed E-state index contributed by atoms with van der Waals surface area (Å²) in [5.74, 6) is 2.53. The van der Waals surface area contributed by atoms with Crippen LogP contribution in [0.25, 0.3) is 0 Å². The van der Waals surface area contributed by atoms with Gasteiger partial charge in [0.25, 0.3) is 0 Å². The van der Waals surface area contributed by atoms with E-state index in [-0.39, 0.29) is 12.8 Å². The summed E-state index contributed by atoms with van der Waals surface area (Å²) in [4.78, 5) is 8.52. The van der Waals surface area contributed by atoms with E-state index in [2.05, 4.69) is 39.7 Å². The van der Waals surface area contributed by atoms with Gasteiger partial charge in [0.2, 0.25) is 6.79 Å². The van der Waals surface area contributed by atoms with Crippen LogP contribution in [0, 0.1) is 0 Å². The van der Waals surface area contributed by atoms with Gasteiger partial charge in [-0.15, -0.1) is 0 Å². The molecule has 1 aromatic heterocycles. The number of hydrogen-bond donors (Lipinski definition) is 3. The van der Waals surface area contributed by atoms with Gasteiger partial charge < -0.3 is 25.8 Å². The highest BCUT2D eigenvalue weighted by molar-refractivity contribution is 5.78. The summed E-state index contributed by atoms with van der Waals surface area (Å²) in [7, 11) is 0. The third-order valence-corrected chi connectivity index (χ3v) is 4.17. The maximum atomic E-state index is 6.26. The molecule has 132 valence electrons. The zero-order valence-corrected chi connectivity index (χ0v) is 14.3. The number of ether oxygens (including phenoxy) is 2. The third kappa shape index (κ3) is 3.19. The molecule has 2 heterocycles. The van der Waals surface area contributed by atoms with Crippen molar-refractivity contribution in [1.29, 1.82) is 0 Å². The van der Waals surface area contributed by atoms with Crippen LogP contribution in [0.2, 0.25) is 0 Å². The van der Waals surface area contributed by atoms with Gasteiger partial charge in [-0.25, -0.2) is 9.97 Å². The van der Waals surface area contributed by atoms with Crippen molar-refractivity contribution in [3.8, 4) is 11.5 Å². The summed E-state index contributed by atoms with van der Waals surface area (Å²) in [5, 5.41) is 6.54. The van der Waals surface area contributed by atoms with Crippen LogP contribution in [-0.2, 0) is 0 Å². The van der Waals surface area contributed by atoms with Crippen LogP contribution in [0.3, 0.4) is 0 Å². The van der Waals surface area contributed by atoms with E-state index >= 15 is 0 Å². The van der Waals surface area contributed by atoms with Gasteiger partial charge in [0, 0.05) is 11.8 Å². The van der Waals surface area contributed by atoms with E-state index < -0.39 is 0 Å². The van der Waals surface area contributed by atoms with Crippen molar-refractivity contribution in [2.75, 3.05) is 23.2 Å². The molecule has 1 aliphatic rings. The highest BCUT2D eigenvalue weighted by Gasteiger charge is 2.15. The Balaban J connectivity index is 1.54. The molecule has 4 N–H and O–H groups in total. The fraction of sp³-hybridized carbons (Fsp3) is 0.158. The van der Waals surface area contributed by atoms with Gasteiger partial charge in [0.15, 0.2) is 23.1 Å². The lowest BCUT2D eigenvalue weighted by atomic mass is 10.1. The van der Waals surface area contributed by atoms with Gasteiger partial charge in [0.05, 0.1) is 6.04 Å². The van der Waals surface area contributed by atoms with Crippen LogP contribution in [0.5, 0.6) is 11.5 Å². The van der Waals surface area contributed by atoms with E-state index in [1.807, 2.05) is 36.4 Å². The van der Waals surface area contributed by atoms with Gasteiger partial charge in [-0.3, -0.25) is 0 Å². The number of rotatable bonds is 5. The molecule has 7 nitrogen and oxygen atoms in total. The average Bonchev–Trinajstić information content (AvgIpc) is 3.13. The predicted molar refractivity (Wildman–Crippen MR) is 101 cm³/mol. The number of nitrogens with zero attached hydrogens (tertiary/aromatic N) is 2. The van der Waals surface area contributed by atoms with Gasteiger partial charge in [-0.2, -0.15) is 0 Å². The highest BCUT2D eigenvalue weighted by Crippen LogP contribution is 2.36. The Hall–Kier alpha value is -3.48. The molecule has 0 saturated carbocycles. The predicted octanol–water partition coefficient (Wildman–Crippen LogP) is 3.70. The quantitative estimate of drug-likeness (QED) is 0.646. The van der Waals surface area contributed by atoms with Crippen molar-refractivity contribution in [2.24, 2.45) is 0 Å². The maximum absolute atomic E-state index is 6.26. The second-order valence-electron chi connectivity index (χ2n) is 5.95. The lowest BCUT2D eigenvalue weighted by molar-refractivity contribution is 0.174. The number of nitrogens with two attached hydrogens (primary N) is 1. The zero-order chi connectivity index (χ0) is 17.9. The summed E-state index contributed by atoms with van der Waals surface area (Å²) in [6.07, 6.45) is 1.48. The highest BCUT2D eigenvalue weighted by atomic mass is 16.7. The minimum absolute atomic E-state index is 0.0618. The molecule has 0 fully saturated rings. The van der Waals surface area contributed by atoms with Gasteiger partial charge in [-0.05, 0) is 24.6 Å². The third-order valence-electron chi connectivity index (χ3n) is 4.17. The molecule has 0 bridgehead atoms. The minimum atomic E-state index is 0.0618. The first kappa shape index (κ1) is 16.0. The summed E-state index contributed by atoms with van der Waals surface area (Å²) in [6.45, 7) is 2.29. The minimum Gasteiger partial charge on any atom is -0.454 e. The summed E-state index contributed by atoms with van der Waals surface area (Å²) in [5.41, 5.74) is 8.67. The molecule has 3 aromatic rings. The van der Waals surface area contributed by atoms with Crippen molar-refractivity contribution in [1.82, 2.24) is 9.97 Å². The number of nitrogen functional groups attached to an aromatic ring is 1. The first-order valence-electron chi connectivity index (χ1n) is 8.29. The van der Waals surface area contributed by atoms with Gasteiger partial charge >= 0.3 is 0 Å². The molecule has 0 spiro atoms. The normalized spacial score (nSPS) is 13.3. The van der Waals surface area contributed by atoms with Crippen molar-refractivity contribution >= 4 is 23.0 Å². The molecule has 1 aliphatic heterocycles. The Morgan fingerprint density at radius 3 is 2.62 bits per heavy atom. The zero-order valence-electron chi connectivity index (χ0n) is 14.3. The number of nitrogens with one attached hydrogen (secondary N) is 2. The molecule has 1 unspecified atom stereocenters. The number of fused-ring (bicyclic) bond motifs is 1. The molecule has 0 amide bonds. The second kappa shape index (κ2) is 6.79. The Labute approximate surface area is 151 Å². The molecule has 26 heavy (non-hydrogen) atoms. The standard InChI is InChI=1S/C19H19N5O2/c1-12(13-5-3-2-4-6-13)23-18-17(20)19(22-10-21-18)24-14-7-8-15-16(9-14)26-11-25-15/h2-10,12H,11,20H2,1H3,(H2,21,22,23,24). The Kier molecular flexibility index (Phi) is 4.18. The first-order valence-corrected chi connectivity index (χ1v) is 8.29. The van der Waals surface area contributed by atoms with Crippen molar-refractivity contribution in [2.45, 2.75) is 13.0 Å². The molecular formula is C19H19N5O2.